The van der Waals surface area contributed by atoms with Gasteiger partial charge in [0.15, 0.2) is 12.2 Å². The number of carbonyl (C=O) groups excluding carboxylic acids is 4. The first kappa shape index (κ1) is 88.1. The molecule has 0 rings (SSSR count). The van der Waals surface area contributed by atoms with Crippen molar-refractivity contribution in [3.63, 3.8) is 0 Å². The molecule has 0 heterocycles. The Labute approximate surface area is 549 Å². The Balaban J connectivity index is 5.15. The van der Waals surface area contributed by atoms with Crippen LogP contribution in [0.3, 0.4) is 0 Å². The van der Waals surface area contributed by atoms with Crippen LogP contribution in [0.5, 0.6) is 0 Å². The lowest BCUT2D eigenvalue weighted by atomic mass is 9.99. The lowest BCUT2D eigenvalue weighted by molar-refractivity contribution is -0.161. The predicted molar refractivity (Wildman–Crippen MR) is 363 cm³/mol. The molecule has 0 spiro atoms. The highest BCUT2D eigenvalue weighted by atomic mass is 31.2. The topological polar surface area (TPSA) is 237 Å². The number of phosphoric ester groups is 2. The van der Waals surface area contributed by atoms with Crippen molar-refractivity contribution in [2.24, 2.45) is 11.8 Å². The van der Waals surface area contributed by atoms with Crippen molar-refractivity contribution in [1.82, 2.24) is 0 Å². The van der Waals surface area contributed by atoms with Gasteiger partial charge in [-0.3, -0.25) is 37.3 Å². The van der Waals surface area contributed by atoms with Gasteiger partial charge in [-0.05, 0) is 37.5 Å². The van der Waals surface area contributed by atoms with Gasteiger partial charge in [0.2, 0.25) is 0 Å². The van der Waals surface area contributed by atoms with Crippen LogP contribution in [0.4, 0.5) is 0 Å². The van der Waals surface area contributed by atoms with Crippen molar-refractivity contribution >= 4 is 39.5 Å². The minimum atomic E-state index is -4.95. The van der Waals surface area contributed by atoms with Gasteiger partial charge in [0.1, 0.15) is 19.3 Å². The molecule has 0 aromatic heterocycles. The second-order valence-electron chi connectivity index (χ2n) is 26.1. The molecule has 0 radical (unpaired) electrons. The highest BCUT2D eigenvalue weighted by Gasteiger charge is 2.30. The second kappa shape index (κ2) is 63.1. The first-order chi connectivity index (χ1) is 43.4. The summed E-state index contributed by atoms with van der Waals surface area (Å²) < 4.78 is 68.1. The summed E-state index contributed by atoms with van der Waals surface area (Å²) in [5, 5.41) is 10.6. The molecule has 0 aliphatic rings. The summed E-state index contributed by atoms with van der Waals surface area (Å²) in [5.41, 5.74) is 0. The zero-order chi connectivity index (χ0) is 66.5. The molecule has 7 atom stereocenters. The average Bonchev–Trinajstić information content (AvgIpc) is 3.21. The Morgan fingerprint density at radius 3 is 0.789 bits per heavy atom. The van der Waals surface area contributed by atoms with Crippen LogP contribution in [0.2, 0.25) is 0 Å². The fourth-order valence-electron chi connectivity index (χ4n) is 10.7. The third-order valence-corrected chi connectivity index (χ3v) is 19.1. The van der Waals surface area contributed by atoms with Crippen molar-refractivity contribution < 1.29 is 80.2 Å². The van der Waals surface area contributed by atoms with Crippen molar-refractivity contribution in [2.75, 3.05) is 39.6 Å². The molecule has 0 saturated carbocycles. The van der Waals surface area contributed by atoms with E-state index in [0.717, 1.165) is 108 Å². The smallest absolute Gasteiger partial charge is 0.462 e. The van der Waals surface area contributed by atoms with E-state index in [2.05, 4.69) is 41.5 Å². The number of ether oxygens (including phenoxy) is 4. The molecule has 0 aliphatic heterocycles. The van der Waals surface area contributed by atoms with Crippen molar-refractivity contribution in [3.05, 3.63) is 0 Å². The zero-order valence-electron chi connectivity index (χ0n) is 58.4. The molecule has 0 aliphatic carbocycles. The van der Waals surface area contributed by atoms with Crippen molar-refractivity contribution in [1.29, 1.82) is 0 Å². The summed E-state index contributed by atoms with van der Waals surface area (Å²) in [6, 6.07) is 0. The summed E-state index contributed by atoms with van der Waals surface area (Å²) in [7, 11) is -9.89. The molecule has 19 heteroatoms. The molecule has 0 aromatic rings. The summed E-state index contributed by atoms with van der Waals surface area (Å²) in [6.07, 6.45) is 48.9. The normalized spacial score (nSPS) is 14.7. The largest absolute Gasteiger partial charge is 0.472 e. The fraction of sp³-hybridized carbons (Fsp3) is 0.944. The van der Waals surface area contributed by atoms with Gasteiger partial charge in [0.05, 0.1) is 26.4 Å². The van der Waals surface area contributed by atoms with Gasteiger partial charge in [0.25, 0.3) is 0 Å². The first-order valence-electron chi connectivity index (χ1n) is 37.1. The minimum Gasteiger partial charge on any atom is -0.462 e. The Kier molecular flexibility index (Phi) is 61.8. The standard InChI is InChI=1S/C71H138O17P2/c1-7-11-13-15-16-17-18-19-20-21-22-23-24-25-26-31-37-43-49-55-70(75)88-67(60-82-69(74)54-48-42-36-30-28-27-29-34-40-45-51-63(5)9-3)62-86-90(79,80)84-58-65(72)57-83-89(77,78)85-61-66(59-81-68(73)53-47-39-14-12-8-2)87-71(76)56-50-44-38-33-32-35-41-46-52-64(6)10-4/h63-67,72H,7-62H2,1-6H3,(H,77,78)(H,79,80)/t63?,64?,65-,66+,67+/m0/s1. The number of hydrogen-bond acceptors (Lipinski definition) is 15. The van der Waals surface area contributed by atoms with E-state index in [0.29, 0.717) is 25.7 Å². The molecule has 17 nitrogen and oxygen atoms in total. The third-order valence-electron chi connectivity index (χ3n) is 17.2. The number of phosphoric acid groups is 2. The maximum Gasteiger partial charge on any atom is 0.472 e. The number of rotatable bonds is 70. The molecule has 0 amide bonds. The highest BCUT2D eigenvalue weighted by Crippen LogP contribution is 2.45. The maximum atomic E-state index is 13.0. The molecular formula is C71H138O17P2. The number of aliphatic hydroxyl groups excluding tert-OH is 1. The van der Waals surface area contributed by atoms with Gasteiger partial charge >= 0.3 is 39.5 Å². The molecule has 0 saturated heterocycles. The van der Waals surface area contributed by atoms with Gasteiger partial charge in [-0.25, -0.2) is 9.13 Å². The SMILES string of the molecule is CCCCCCCCCCCCCCCCCCCCCC(=O)O[C@H](COC(=O)CCCCCCCCCCCCC(C)CC)COP(=O)(O)OC[C@@H](O)COP(=O)(O)OC[C@@H](COC(=O)CCCCCCC)OC(=O)CCCCCCCCCCC(C)CC. The van der Waals surface area contributed by atoms with Gasteiger partial charge < -0.3 is 33.8 Å². The fourth-order valence-corrected chi connectivity index (χ4v) is 12.3. The van der Waals surface area contributed by atoms with E-state index in [9.17, 15) is 43.2 Å². The van der Waals surface area contributed by atoms with Crippen LogP contribution in [-0.4, -0.2) is 96.7 Å². The average molecular weight is 1330 g/mol. The van der Waals surface area contributed by atoms with E-state index in [1.165, 1.54) is 173 Å². The molecule has 0 fully saturated rings. The highest BCUT2D eigenvalue weighted by molar-refractivity contribution is 7.47. The van der Waals surface area contributed by atoms with Crippen LogP contribution in [0.25, 0.3) is 0 Å². The van der Waals surface area contributed by atoms with Gasteiger partial charge in [-0.15, -0.1) is 0 Å². The number of carbonyl (C=O) groups is 4. The third kappa shape index (κ3) is 62.2. The van der Waals surface area contributed by atoms with Gasteiger partial charge in [-0.2, -0.15) is 0 Å². The molecule has 4 unspecified atom stereocenters. The van der Waals surface area contributed by atoms with Crippen LogP contribution in [0.1, 0.15) is 363 Å². The monoisotopic (exact) mass is 1320 g/mol. The number of hydrogen-bond donors (Lipinski definition) is 3. The molecule has 3 N–H and O–H groups in total. The van der Waals surface area contributed by atoms with E-state index in [1.807, 2.05) is 0 Å². The van der Waals surface area contributed by atoms with E-state index in [4.69, 9.17) is 37.0 Å². The molecule has 0 aromatic carbocycles. The summed E-state index contributed by atoms with van der Waals surface area (Å²) >= 11 is 0. The lowest BCUT2D eigenvalue weighted by Crippen LogP contribution is -2.30. The maximum absolute atomic E-state index is 13.0. The summed E-state index contributed by atoms with van der Waals surface area (Å²) in [4.78, 5) is 72.3. The van der Waals surface area contributed by atoms with E-state index < -0.39 is 97.5 Å². The van der Waals surface area contributed by atoms with E-state index in [-0.39, 0.29) is 25.7 Å². The molecule has 534 valence electrons. The lowest BCUT2D eigenvalue weighted by Gasteiger charge is -2.21. The van der Waals surface area contributed by atoms with Crippen LogP contribution in [-0.2, 0) is 65.4 Å². The molecule has 0 bridgehead atoms. The summed E-state index contributed by atoms with van der Waals surface area (Å²) in [5.74, 6) is -0.556. The zero-order valence-corrected chi connectivity index (χ0v) is 60.2. The Morgan fingerprint density at radius 2 is 0.533 bits per heavy atom. The number of esters is 4. The van der Waals surface area contributed by atoms with E-state index in [1.54, 1.807) is 0 Å². The summed E-state index contributed by atoms with van der Waals surface area (Å²) in [6.45, 7) is 9.49. The second-order valence-corrected chi connectivity index (χ2v) is 29.0. The quantitative estimate of drug-likeness (QED) is 0.0222. The van der Waals surface area contributed by atoms with Crippen molar-refractivity contribution in [3.8, 4) is 0 Å². The van der Waals surface area contributed by atoms with Gasteiger partial charge in [0, 0.05) is 25.7 Å². The molecule has 90 heavy (non-hydrogen) atoms. The minimum absolute atomic E-state index is 0.104. The first-order valence-corrected chi connectivity index (χ1v) is 40.1. The molecular weight excluding hydrogens is 1190 g/mol. The number of unbranched alkanes of at least 4 members (excludes halogenated alkanes) is 38. The Morgan fingerprint density at radius 1 is 0.311 bits per heavy atom. The Bertz CT molecular complexity index is 1760. The predicted octanol–water partition coefficient (Wildman–Crippen LogP) is 20.4. The van der Waals surface area contributed by atoms with Crippen molar-refractivity contribution in [2.45, 2.75) is 381 Å². The van der Waals surface area contributed by atoms with Crippen LogP contribution in [0, 0.1) is 11.8 Å². The van der Waals surface area contributed by atoms with Crippen LogP contribution >= 0.6 is 15.6 Å². The van der Waals surface area contributed by atoms with Crippen LogP contribution in [0.15, 0.2) is 0 Å². The van der Waals surface area contributed by atoms with Crippen LogP contribution < -0.4 is 0 Å². The van der Waals surface area contributed by atoms with E-state index >= 15 is 0 Å². The number of aliphatic hydroxyl groups is 1. The Hall–Kier alpha value is -1.94. The van der Waals surface area contributed by atoms with Gasteiger partial charge in [-0.1, -0.05) is 311 Å².